The molecule has 1 fully saturated rings. The van der Waals surface area contributed by atoms with Crippen LogP contribution in [0.4, 0.5) is 4.39 Å². The number of ether oxygens (including phenoxy) is 1. The van der Waals surface area contributed by atoms with Gasteiger partial charge < -0.3 is 9.84 Å². The molecule has 1 aromatic heterocycles. The minimum atomic E-state index is -1.43. The van der Waals surface area contributed by atoms with Crippen LogP contribution in [-0.2, 0) is 10.5 Å². The highest BCUT2D eigenvalue weighted by atomic mass is 19.1. The SMILES string of the molecule is Cc1cn([C@]2(CF)O[C@H](CO)C2C)c(=O)[nH]c1=O. The maximum absolute atomic E-state index is 13.3. The molecular formula is C11H15FN2O4. The van der Waals surface area contributed by atoms with Crippen molar-refractivity contribution >= 4 is 0 Å². The summed E-state index contributed by atoms with van der Waals surface area (Å²) >= 11 is 0. The topological polar surface area (TPSA) is 84.3 Å². The van der Waals surface area contributed by atoms with Gasteiger partial charge >= 0.3 is 5.69 Å². The molecule has 0 amide bonds. The van der Waals surface area contributed by atoms with Crippen LogP contribution in [0.15, 0.2) is 15.8 Å². The van der Waals surface area contributed by atoms with Gasteiger partial charge in [0.05, 0.1) is 12.7 Å². The maximum atomic E-state index is 13.3. The van der Waals surface area contributed by atoms with Gasteiger partial charge in [-0.05, 0) is 6.92 Å². The average Bonchev–Trinajstić information content (AvgIpc) is 2.34. The van der Waals surface area contributed by atoms with Crippen molar-refractivity contribution in [3.63, 3.8) is 0 Å². The number of H-pyrrole nitrogens is 1. The number of rotatable bonds is 3. The second-order valence-electron chi connectivity index (χ2n) is 4.55. The first kappa shape index (κ1) is 13.0. The van der Waals surface area contributed by atoms with E-state index >= 15 is 0 Å². The van der Waals surface area contributed by atoms with Crippen LogP contribution in [0.1, 0.15) is 12.5 Å². The van der Waals surface area contributed by atoms with Crippen LogP contribution in [0.25, 0.3) is 0 Å². The molecule has 2 heterocycles. The molecule has 1 aliphatic heterocycles. The number of aromatic amines is 1. The lowest BCUT2D eigenvalue weighted by Gasteiger charge is -2.52. The van der Waals surface area contributed by atoms with E-state index in [2.05, 4.69) is 4.98 Å². The molecule has 0 bridgehead atoms. The highest BCUT2D eigenvalue weighted by molar-refractivity contribution is 5.06. The van der Waals surface area contributed by atoms with Crippen molar-refractivity contribution in [3.8, 4) is 0 Å². The van der Waals surface area contributed by atoms with E-state index in [1.165, 1.54) is 13.1 Å². The molecular weight excluding hydrogens is 243 g/mol. The van der Waals surface area contributed by atoms with Crippen molar-refractivity contribution in [1.82, 2.24) is 9.55 Å². The lowest BCUT2D eigenvalue weighted by molar-refractivity contribution is -0.318. The van der Waals surface area contributed by atoms with E-state index in [4.69, 9.17) is 9.84 Å². The Bertz CT molecular complexity index is 567. The van der Waals surface area contributed by atoms with E-state index < -0.39 is 29.8 Å². The number of nitrogens with one attached hydrogen (secondary N) is 1. The Morgan fingerprint density at radius 2 is 2.28 bits per heavy atom. The van der Waals surface area contributed by atoms with Crippen LogP contribution < -0.4 is 11.2 Å². The van der Waals surface area contributed by atoms with E-state index in [1.54, 1.807) is 6.92 Å². The Kier molecular flexibility index (Phi) is 3.12. The smallest absolute Gasteiger partial charge is 0.330 e. The van der Waals surface area contributed by atoms with Crippen LogP contribution >= 0.6 is 0 Å². The number of halogens is 1. The fourth-order valence-corrected chi connectivity index (χ4v) is 2.23. The fourth-order valence-electron chi connectivity index (χ4n) is 2.23. The van der Waals surface area contributed by atoms with Gasteiger partial charge in [-0.25, -0.2) is 9.18 Å². The van der Waals surface area contributed by atoms with Crippen molar-refractivity contribution in [2.75, 3.05) is 13.3 Å². The van der Waals surface area contributed by atoms with E-state index in [9.17, 15) is 14.0 Å². The van der Waals surface area contributed by atoms with Crippen LogP contribution in [-0.4, -0.2) is 34.0 Å². The summed E-state index contributed by atoms with van der Waals surface area (Å²) in [6, 6.07) is 0. The molecule has 0 aromatic carbocycles. The summed E-state index contributed by atoms with van der Waals surface area (Å²) in [4.78, 5) is 25.1. The summed E-state index contributed by atoms with van der Waals surface area (Å²) in [5, 5.41) is 9.01. The largest absolute Gasteiger partial charge is 0.394 e. The fraction of sp³-hybridized carbons (Fsp3) is 0.636. The van der Waals surface area contributed by atoms with Gasteiger partial charge in [-0.15, -0.1) is 0 Å². The van der Waals surface area contributed by atoms with E-state index in [0.717, 1.165) is 4.57 Å². The number of aromatic nitrogens is 2. The molecule has 6 nitrogen and oxygen atoms in total. The zero-order chi connectivity index (χ0) is 13.5. The molecule has 18 heavy (non-hydrogen) atoms. The molecule has 0 radical (unpaired) electrons. The number of aliphatic hydroxyl groups is 1. The van der Waals surface area contributed by atoms with Gasteiger partial charge in [0.15, 0.2) is 5.72 Å². The Labute approximate surface area is 102 Å². The number of hydrogen-bond donors (Lipinski definition) is 2. The molecule has 0 saturated carbocycles. The predicted molar refractivity (Wildman–Crippen MR) is 61.1 cm³/mol. The molecule has 1 saturated heterocycles. The van der Waals surface area contributed by atoms with E-state index in [0.29, 0.717) is 5.56 Å². The van der Waals surface area contributed by atoms with Crippen molar-refractivity contribution < 1.29 is 14.2 Å². The number of nitrogens with zero attached hydrogens (tertiary/aromatic N) is 1. The Morgan fingerprint density at radius 3 is 2.78 bits per heavy atom. The van der Waals surface area contributed by atoms with Crippen LogP contribution in [0.5, 0.6) is 0 Å². The molecule has 100 valence electrons. The van der Waals surface area contributed by atoms with Gasteiger partial charge in [0.25, 0.3) is 5.56 Å². The Hall–Kier alpha value is -1.47. The maximum Gasteiger partial charge on any atom is 0.330 e. The molecule has 0 aliphatic carbocycles. The summed E-state index contributed by atoms with van der Waals surface area (Å²) in [6.07, 6.45) is 0.782. The number of hydrogen-bond acceptors (Lipinski definition) is 4. The Balaban J connectivity index is 2.51. The zero-order valence-electron chi connectivity index (χ0n) is 10.1. The quantitative estimate of drug-likeness (QED) is 0.765. The van der Waals surface area contributed by atoms with Gasteiger partial charge in [0.2, 0.25) is 0 Å². The van der Waals surface area contributed by atoms with E-state index in [-0.39, 0.29) is 12.5 Å². The summed E-state index contributed by atoms with van der Waals surface area (Å²) in [5.74, 6) is -0.365. The minimum Gasteiger partial charge on any atom is -0.394 e. The average molecular weight is 258 g/mol. The molecule has 2 N–H and O–H groups in total. The normalized spacial score (nSPS) is 31.1. The first-order chi connectivity index (χ1) is 8.46. The first-order valence-electron chi connectivity index (χ1n) is 5.64. The lowest BCUT2D eigenvalue weighted by Crippen LogP contribution is -2.65. The highest BCUT2D eigenvalue weighted by Crippen LogP contribution is 2.42. The van der Waals surface area contributed by atoms with Crippen molar-refractivity contribution in [2.45, 2.75) is 25.7 Å². The second-order valence-corrected chi connectivity index (χ2v) is 4.55. The first-order valence-corrected chi connectivity index (χ1v) is 5.64. The van der Waals surface area contributed by atoms with Crippen molar-refractivity contribution in [1.29, 1.82) is 0 Å². The van der Waals surface area contributed by atoms with Crippen LogP contribution in [0.2, 0.25) is 0 Å². The molecule has 3 atom stereocenters. The van der Waals surface area contributed by atoms with Gasteiger partial charge in [-0.3, -0.25) is 14.3 Å². The molecule has 1 unspecified atom stereocenters. The standard InChI is InChI=1S/C11H15FN2O4/c1-6-3-14(10(17)13-9(6)16)11(5-12)7(2)8(4-15)18-11/h3,7-8,15H,4-5H2,1-2H3,(H,13,16,17)/t7?,8-,11-/m1/s1. The minimum absolute atomic E-state index is 0.236. The molecule has 2 rings (SSSR count). The molecule has 1 aliphatic rings. The predicted octanol–water partition coefficient (Wildman–Crippen LogP) is -0.505. The van der Waals surface area contributed by atoms with Crippen molar-refractivity contribution in [2.24, 2.45) is 5.92 Å². The molecule has 7 heteroatoms. The second kappa shape index (κ2) is 4.33. The van der Waals surface area contributed by atoms with Gasteiger partial charge in [-0.1, -0.05) is 6.92 Å². The van der Waals surface area contributed by atoms with Gasteiger partial charge in [0.1, 0.15) is 6.67 Å². The highest BCUT2D eigenvalue weighted by Gasteiger charge is 2.55. The summed E-state index contributed by atoms with van der Waals surface area (Å²) in [5.41, 5.74) is -2.35. The zero-order valence-corrected chi connectivity index (χ0v) is 10.1. The summed E-state index contributed by atoms with van der Waals surface area (Å²) in [6.45, 7) is 2.07. The van der Waals surface area contributed by atoms with Gasteiger partial charge in [-0.2, -0.15) is 0 Å². The van der Waals surface area contributed by atoms with Gasteiger partial charge in [0, 0.05) is 17.7 Å². The molecule has 0 spiro atoms. The number of aliphatic hydroxyl groups excluding tert-OH is 1. The lowest BCUT2D eigenvalue weighted by atomic mass is 9.85. The Morgan fingerprint density at radius 1 is 1.61 bits per heavy atom. The molecule has 1 aromatic rings. The third-order valence-corrected chi connectivity index (χ3v) is 3.52. The third kappa shape index (κ3) is 1.62. The van der Waals surface area contributed by atoms with Crippen LogP contribution in [0, 0.1) is 12.8 Å². The monoisotopic (exact) mass is 258 g/mol. The van der Waals surface area contributed by atoms with Crippen LogP contribution in [0.3, 0.4) is 0 Å². The van der Waals surface area contributed by atoms with Crippen molar-refractivity contribution in [3.05, 3.63) is 32.6 Å². The summed E-state index contributed by atoms with van der Waals surface area (Å²) in [7, 11) is 0. The number of aryl methyl sites for hydroxylation is 1. The third-order valence-electron chi connectivity index (χ3n) is 3.52. The number of alkyl halides is 1. The summed E-state index contributed by atoms with van der Waals surface area (Å²) < 4.78 is 19.7. The van der Waals surface area contributed by atoms with E-state index in [1.807, 2.05) is 0 Å².